The molecule has 194 valence electrons. The van der Waals surface area contributed by atoms with E-state index in [-0.39, 0.29) is 0 Å². The Morgan fingerprint density at radius 1 is 0.594 bits per heavy atom. The summed E-state index contributed by atoms with van der Waals surface area (Å²) in [5.41, 5.74) is -18.1. The second kappa shape index (κ2) is 10.5. The maximum atomic E-state index is 12.4. The number of ether oxygens (including phenoxy) is 1. The second-order valence-electron chi connectivity index (χ2n) is 5.45. The zero-order valence-corrected chi connectivity index (χ0v) is 17.6. The summed E-state index contributed by atoms with van der Waals surface area (Å²) in [6.07, 6.45) is -7.25. The molecule has 10 nitrogen and oxygen atoms in total. The topological polar surface area (TPSA) is 139 Å². The van der Waals surface area contributed by atoms with Crippen molar-refractivity contribution < 1.29 is 82.1 Å². The van der Waals surface area contributed by atoms with Crippen LogP contribution in [0.4, 0.5) is 39.5 Å². The molecule has 0 aliphatic carbocycles. The molecule has 0 radical (unpaired) electrons. The predicted molar refractivity (Wildman–Crippen MR) is 81.7 cm³/mol. The first-order valence-corrected chi connectivity index (χ1v) is 11.6. The number of methoxy groups -OCH3 is 1. The first-order chi connectivity index (χ1) is 14.0. The molecular formula is C10H13F9O10S3. The van der Waals surface area contributed by atoms with Gasteiger partial charge in [0, 0.05) is 7.11 Å². The molecule has 0 heterocycles. The second-order valence-corrected chi connectivity index (χ2v) is 10.2. The lowest BCUT2D eigenvalue weighted by Crippen LogP contribution is -2.36. The Balaban J connectivity index is 5.66. The van der Waals surface area contributed by atoms with Crippen LogP contribution >= 0.6 is 0 Å². The summed E-state index contributed by atoms with van der Waals surface area (Å²) in [5, 5.41) is 0. The molecule has 0 aliphatic rings. The van der Waals surface area contributed by atoms with Crippen LogP contribution in [0.25, 0.3) is 0 Å². The maximum absolute atomic E-state index is 12.4. The zero-order chi connectivity index (χ0) is 25.8. The van der Waals surface area contributed by atoms with Crippen molar-refractivity contribution >= 4 is 30.4 Å². The van der Waals surface area contributed by atoms with Gasteiger partial charge < -0.3 is 4.74 Å². The molecule has 0 amide bonds. The number of alkyl halides is 9. The fraction of sp³-hybridized carbons (Fsp3) is 1.00. The Labute approximate surface area is 174 Å². The SMILES string of the molecule is COC[C@@H](CC[C@@H](COS(=O)(=O)C(F)(F)F)OS(=O)(=O)C(F)(F)F)OS(=O)(=O)C(F)(F)F. The molecule has 0 aromatic carbocycles. The van der Waals surface area contributed by atoms with Crippen LogP contribution < -0.4 is 0 Å². The number of hydrogen-bond acceptors (Lipinski definition) is 10. The summed E-state index contributed by atoms with van der Waals surface area (Å²) in [7, 11) is -18.4. The number of hydrogen-bond donors (Lipinski definition) is 0. The maximum Gasteiger partial charge on any atom is 0.523 e. The van der Waals surface area contributed by atoms with Gasteiger partial charge in [-0.2, -0.15) is 64.8 Å². The molecule has 0 unspecified atom stereocenters. The van der Waals surface area contributed by atoms with Gasteiger partial charge in [-0.05, 0) is 12.8 Å². The van der Waals surface area contributed by atoms with Gasteiger partial charge in [-0.1, -0.05) is 0 Å². The van der Waals surface area contributed by atoms with Gasteiger partial charge in [0.1, 0.15) is 12.2 Å². The highest BCUT2D eigenvalue weighted by Gasteiger charge is 2.51. The molecule has 0 fully saturated rings. The van der Waals surface area contributed by atoms with Crippen molar-refractivity contribution in [3.8, 4) is 0 Å². The first-order valence-electron chi connectivity index (χ1n) is 7.40. The van der Waals surface area contributed by atoms with Crippen molar-refractivity contribution in [2.75, 3.05) is 20.3 Å². The molecule has 0 bridgehead atoms. The molecule has 0 saturated heterocycles. The Morgan fingerprint density at radius 2 is 0.906 bits per heavy atom. The van der Waals surface area contributed by atoms with Gasteiger partial charge in [0.25, 0.3) is 0 Å². The van der Waals surface area contributed by atoms with Crippen molar-refractivity contribution in [1.82, 2.24) is 0 Å². The van der Waals surface area contributed by atoms with Crippen LogP contribution in [0.1, 0.15) is 12.8 Å². The van der Waals surface area contributed by atoms with E-state index in [9.17, 15) is 64.8 Å². The Hall–Kier alpha value is -0.940. The fourth-order valence-corrected chi connectivity index (χ4v) is 3.28. The van der Waals surface area contributed by atoms with E-state index in [0.717, 1.165) is 7.11 Å². The summed E-state index contributed by atoms with van der Waals surface area (Å²) in [6, 6.07) is 0. The average Bonchev–Trinajstić information content (AvgIpc) is 2.53. The molecule has 2 atom stereocenters. The van der Waals surface area contributed by atoms with Crippen LogP contribution in [0.3, 0.4) is 0 Å². The number of halogens is 9. The molecular weight excluding hydrogens is 547 g/mol. The first kappa shape index (κ1) is 31.1. The highest BCUT2D eigenvalue weighted by Crippen LogP contribution is 2.30. The lowest BCUT2D eigenvalue weighted by atomic mass is 10.1. The molecule has 22 heteroatoms. The molecule has 0 spiro atoms. The molecule has 0 N–H and O–H groups in total. The molecule has 0 aromatic rings. The van der Waals surface area contributed by atoms with E-state index < -0.39 is 85.1 Å². The third-order valence-corrected chi connectivity index (χ3v) is 6.15. The van der Waals surface area contributed by atoms with Gasteiger partial charge in [-0.25, -0.2) is 0 Å². The van der Waals surface area contributed by atoms with Crippen molar-refractivity contribution in [3.05, 3.63) is 0 Å². The standard InChI is InChI=1S/C10H13F9O10S3/c1-26-4-6(28-31(22,23)9(14,15)16)2-3-7(29-32(24,25)10(17,18)19)5-27-30(20,21)8(11,12)13/h6-7H,2-5H2,1H3/t6-,7+/m1/s1. The van der Waals surface area contributed by atoms with Crippen LogP contribution in [0.2, 0.25) is 0 Å². The summed E-state index contributed by atoms with van der Waals surface area (Å²) in [5.74, 6) is 0. The van der Waals surface area contributed by atoms with E-state index in [1.54, 1.807) is 0 Å². The molecule has 0 saturated carbocycles. The van der Waals surface area contributed by atoms with E-state index >= 15 is 0 Å². The van der Waals surface area contributed by atoms with Crippen LogP contribution in [0.5, 0.6) is 0 Å². The van der Waals surface area contributed by atoms with Crippen LogP contribution in [0.15, 0.2) is 0 Å². The predicted octanol–water partition coefficient (Wildman–Crippen LogP) is 1.75. The third kappa shape index (κ3) is 9.13. The van der Waals surface area contributed by atoms with Crippen LogP contribution in [-0.4, -0.2) is 74.3 Å². The van der Waals surface area contributed by atoms with Gasteiger partial charge in [-0.15, -0.1) is 0 Å². The minimum absolute atomic E-state index is 0.817. The smallest absolute Gasteiger partial charge is 0.382 e. The highest BCUT2D eigenvalue weighted by molar-refractivity contribution is 7.88. The van der Waals surface area contributed by atoms with Gasteiger partial charge in [0.05, 0.1) is 13.2 Å². The van der Waals surface area contributed by atoms with Crippen molar-refractivity contribution in [2.24, 2.45) is 0 Å². The Kier molecular flexibility index (Phi) is 10.2. The minimum atomic E-state index is -6.55. The Bertz CT molecular complexity index is 919. The fourth-order valence-electron chi connectivity index (χ4n) is 1.58. The molecule has 0 aromatic heterocycles. The minimum Gasteiger partial charge on any atom is -0.382 e. The normalized spacial score (nSPS) is 16.7. The molecule has 0 rings (SSSR count). The summed E-state index contributed by atoms with van der Waals surface area (Å²) < 4.78 is 192. The van der Waals surface area contributed by atoms with Gasteiger partial charge in [-0.3, -0.25) is 12.5 Å². The molecule has 32 heavy (non-hydrogen) atoms. The van der Waals surface area contributed by atoms with E-state index in [1.807, 2.05) is 0 Å². The summed E-state index contributed by atoms with van der Waals surface area (Å²) in [6.45, 7) is -2.97. The largest absolute Gasteiger partial charge is 0.523 e. The van der Waals surface area contributed by atoms with E-state index in [4.69, 9.17) is 0 Å². The lowest BCUT2D eigenvalue weighted by Gasteiger charge is -2.22. The van der Waals surface area contributed by atoms with E-state index in [2.05, 4.69) is 17.3 Å². The highest BCUT2D eigenvalue weighted by atomic mass is 32.2. The third-order valence-electron chi connectivity index (χ3n) is 2.95. The summed E-state index contributed by atoms with van der Waals surface area (Å²) >= 11 is 0. The van der Waals surface area contributed by atoms with Crippen molar-refractivity contribution in [2.45, 2.75) is 41.6 Å². The van der Waals surface area contributed by atoms with Crippen LogP contribution in [0, 0.1) is 0 Å². The van der Waals surface area contributed by atoms with E-state index in [1.165, 1.54) is 0 Å². The zero-order valence-electron chi connectivity index (χ0n) is 15.2. The van der Waals surface area contributed by atoms with E-state index in [0.29, 0.717) is 0 Å². The average molecular weight is 560 g/mol. The van der Waals surface area contributed by atoms with Gasteiger partial charge in [0.2, 0.25) is 0 Å². The monoisotopic (exact) mass is 560 g/mol. The van der Waals surface area contributed by atoms with Gasteiger partial charge in [0.15, 0.2) is 0 Å². The van der Waals surface area contributed by atoms with Crippen LogP contribution in [-0.2, 0) is 47.6 Å². The lowest BCUT2D eigenvalue weighted by molar-refractivity contribution is -0.0656. The summed E-state index contributed by atoms with van der Waals surface area (Å²) in [4.78, 5) is 0. The quantitative estimate of drug-likeness (QED) is 0.197. The van der Waals surface area contributed by atoms with Gasteiger partial charge >= 0.3 is 46.9 Å². The Morgan fingerprint density at radius 3 is 1.19 bits per heavy atom. The number of rotatable bonds is 12. The van der Waals surface area contributed by atoms with Crippen molar-refractivity contribution in [3.63, 3.8) is 0 Å². The molecule has 0 aliphatic heterocycles. The van der Waals surface area contributed by atoms with Crippen molar-refractivity contribution in [1.29, 1.82) is 0 Å².